The molecule has 140 valence electrons. The predicted octanol–water partition coefficient (Wildman–Crippen LogP) is 3.59. The van der Waals surface area contributed by atoms with Gasteiger partial charge in [-0.3, -0.25) is 4.79 Å². The van der Waals surface area contributed by atoms with Gasteiger partial charge in [0.25, 0.3) is 5.91 Å². The predicted molar refractivity (Wildman–Crippen MR) is 101 cm³/mol. The van der Waals surface area contributed by atoms with E-state index in [1.807, 2.05) is 6.07 Å². The zero-order chi connectivity index (χ0) is 19.2. The smallest absolute Gasteiger partial charge is 0.331 e. The van der Waals surface area contributed by atoms with Gasteiger partial charge in [-0.15, -0.1) is 0 Å². The van der Waals surface area contributed by atoms with Crippen LogP contribution < -0.4 is 14.8 Å². The number of amides is 1. The molecule has 2 aromatic carbocycles. The number of benzene rings is 2. The molecule has 6 nitrogen and oxygen atoms in total. The molecule has 0 bridgehead atoms. The maximum absolute atomic E-state index is 11.8. The van der Waals surface area contributed by atoms with Gasteiger partial charge in [-0.2, -0.15) is 0 Å². The average Bonchev–Trinajstić information content (AvgIpc) is 3.13. The van der Waals surface area contributed by atoms with E-state index in [0.717, 1.165) is 5.56 Å². The van der Waals surface area contributed by atoms with Gasteiger partial charge < -0.3 is 19.5 Å². The molecular formula is C19H15Cl2NO5. The molecule has 1 N–H and O–H groups in total. The Kier molecular flexibility index (Phi) is 6.21. The molecule has 1 amide bonds. The highest BCUT2D eigenvalue weighted by atomic mass is 35.5. The molecule has 0 atom stereocenters. The maximum atomic E-state index is 11.8. The van der Waals surface area contributed by atoms with Crippen LogP contribution in [0, 0.1) is 0 Å². The first-order valence-corrected chi connectivity index (χ1v) is 8.72. The molecule has 27 heavy (non-hydrogen) atoms. The Bertz CT molecular complexity index is 898. The number of rotatable bonds is 6. The molecule has 2 aromatic rings. The van der Waals surface area contributed by atoms with Gasteiger partial charge in [-0.05, 0) is 35.4 Å². The molecule has 0 aliphatic carbocycles. The maximum Gasteiger partial charge on any atom is 0.331 e. The van der Waals surface area contributed by atoms with Crippen molar-refractivity contribution in [1.82, 2.24) is 5.32 Å². The lowest BCUT2D eigenvalue weighted by Gasteiger charge is -2.07. The SMILES string of the molecule is O=C(COC(=O)/C=C/c1cc(Cl)c2c(c1)OCO2)NCc1ccccc1Cl. The van der Waals surface area contributed by atoms with Gasteiger partial charge in [0.2, 0.25) is 6.79 Å². The monoisotopic (exact) mass is 407 g/mol. The summed E-state index contributed by atoms with van der Waals surface area (Å²) in [5.74, 6) is -0.0967. The van der Waals surface area contributed by atoms with Crippen LogP contribution >= 0.6 is 23.2 Å². The number of ether oxygens (including phenoxy) is 3. The fourth-order valence-electron chi connectivity index (χ4n) is 2.32. The van der Waals surface area contributed by atoms with E-state index in [9.17, 15) is 9.59 Å². The van der Waals surface area contributed by atoms with E-state index < -0.39 is 18.5 Å². The topological polar surface area (TPSA) is 73.9 Å². The van der Waals surface area contributed by atoms with Gasteiger partial charge in [0.15, 0.2) is 18.1 Å². The van der Waals surface area contributed by atoms with Crippen molar-refractivity contribution < 1.29 is 23.8 Å². The Morgan fingerprint density at radius 2 is 1.96 bits per heavy atom. The summed E-state index contributed by atoms with van der Waals surface area (Å²) in [5.41, 5.74) is 1.42. The summed E-state index contributed by atoms with van der Waals surface area (Å²) < 4.78 is 15.4. The summed E-state index contributed by atoms with van der Waals surface area (Å²) >= 11 is 12.1. The quantitative estimate of drug-likeness (QED) is 0.584. The molecule has 3 rings (SSSR count). The second-order valence-corrected chi connectivity index (χ2v) is 6.36. The minimum atomic E-state index is -0.656. The van der Waals surface area contributed by atoms with Gasteiger partial charge in [0, 0.05) is 17.6 Å². The molecular weight excluding hydrogens is 393 g/mol. The number of carbonyl (C=O) groups is 2. The lowest BCUT2D eigenvalue weighted by Crippen LogP contribution is -2.28. The third-order valence-corrected chi connectivity index (χ3v) is 4.29. The third kappa shape index (κ3) is 5.15. The van der Waals surface area contributed by atoms with Crippen molar-refractivity contribution in [1.29, 1.82) is 0 Å². The average molecular weight is 408 g/mol. The van der Waals surface area contributed by atoms with Gasteiger partial charge in [0.05, 0.1) is 5.02 Å². The highest BCUT2D eigenvalue weighted by Crippen LogP contribution is 2.40. The molecule has 1 heterocycles. The second-order valence-electron chi connectivity index (χ2n) is 5.55. The minimum absolute atomic E-state index is 0.105. The summed E-state index contributed by atoms with van der Waals surface area (Å²) in [6.07, 6.45) is 2.72. The van der Waals surface area contributed by atoms with E-state index in [4.69, 9.17) is 37.4 Å². The number of nitrogens with one attached hydrogen (secondary N) is 1. The summed E-state index contributed by atoms with van der Waals surface area (Å²) in [6, 6.07) is 10.5. The highest BCUT2D eigenvalue weighted by molar-refractivity contribution is 6.32. The fourth-order valence-corrected chi connectivity index (χ4v) is 2.80. The summed E-state index contributed by atoms with van der Waals surface area (Å²) in [6.45, 7) is -0.0370. The lowest BCUT2D eigenvalue weighted by atomic mass is 10.2. The summed E-state index contributed by atoms with van der Waals surface area (Å²) in [4.78, 5) is 23.5. The Balaban J connectivity index is 1.47. The van der Waals surface area contributed by atoms with Crippen LogP contribution in [-0.4, -0.2) is 25.3 Å². The van der Waals surface area contributed by atoms with Crippen LogP contribution in [0.3, 0.4) is 0 Å². The van der Waals surface area contributed by atoms with Crippen LogP contribution in [0.1, 0.15) is 11.1 Å². The Morgan fingerprint density at radius 3 is 2.78 bits per heavy atom. The zero-order valence-electron chi connectivity index (χ0n) is 14.0. The first-order chi connectivity index (χ1) is 13.0. The number of hydrogen-bond acceptors (Lipinski definition) is 5. The van der Waals surface area contributed by atoms with Crippen LogP contribution in [-0.2, 0) is 20.9 Å². The molecule has 1 aliphatic heterocycles. The van der Waals surface area contributed by atoms with Crippen LogP contribution in [0.15, 0.2) is 42.5 Å². The van der Waals surface area contributed by atoms with Crippen LogP contribution in [0.2, 0.25) is 10.0 Å². The zero-order valence-corrected chi connectivity index (χ0v) is 15.5. The molecule has 8 heteroatoms. The van der Waals surface area contributed by atoms with Gasteiger partial charge in [-0.1, -0.05) is 41.4 Å². The largest absolute Gasteiger partial charge is 0.454 e. The molecule has 1 aliphatic rings. The van der Waals surface area contributed by atoms with Crippen LogP contribution in [0.25, 0.3) is 6.08 Å². The Labute approximate surface area is 165 Å². The Morgan fingerprint density at radius 1 is 1.15 bits per heavy atom. The van der Waals surface area contributed by atoms with Crippen LogP contribution in [0.4, 0.5) is 0 Å². The molecule has 0 saturated carbocycles. The van der Waals surface area contributed by atoms with Crippen molar-refractivity contribution in [2.45, 2.75) is 6.54 Å². The van der Waals surface area contributed by atoms with Crippen molar-refractivity contribution in [3.63, 3.8) is 0 Å². The van der Waals surface area contributed by atoms with Crippen molar-refractivity contribution in [3.8, 4) is 11.5 Å². The minimum Gasteiger partial charge on any atom is -0.454 e. The van der Waals surface area contributed by atoms with E-state index in [-0.39, 0.29) is 13.3 Å². The van der Waals surface area contributed by atoms with Crippen molar-refractivity contribution in [2.24, 2.45) is 0 Å². The molecule has 0 saturated heterocycles. The summed E-state index contributed by atoms with van der Waals surface area (Å²) in [5, 5.41) is 3.57. The van der Waals surface area contributed by atoms with Gasteiger partial charge in [0.1, 0.15) is 0 Å². The molecule has 0 radical (unpaired) electrons. The van der Waals surface area contributed by atoms with E-state index in [2.05, 4.69) is 5.32 Å². The molecule has 0 aromatic heterocycles. The van der Waals surface area contributed by atoms with Crippen LogP contribution in [0.5, 0.6) is 11.5 Å². The number of halogens is 2. The van der Waals surface area contributed by atoms with Crippen molar-refractivity contribution in [2.75, 3.05) is 13.4 Å². The number of fused-ring (bicyclic) bond motifs is 1. The highest BCUT2D eigenvalue weighted by Gasteiger charge is 2.17. The third-order valence-electron chi connectivity index (χ3n) is 3.64. The lowest BCUT2D eigenvalue weighted by molar-refractivity contribution is -0.143. The fraction of sp³-hybridized carbons (Fsp3) is 0.158. The molecule has 0 fully saturated rings. The Hall–Kier alpha value is -2.70. The number of carbonyl (C=O) groups excluding carboxylic acids is 2. The van der Waals surface area contributed by atoms with E-state index in [1.54, 1.807) is 30.3 Å². The number of hydrogen-bond donors (Lipinski definition) is 1. The molecule has 0 unspecified atom stereocenters. The van der Waals surface area contributed by atoms with E-state index in [0.29, 0.717) is 27.1 Å². The second kappa shape index (κ2) is 8.79. The van der Waals surface area contributed by atoms with Crippen molar-refractivity contribution >= 4 is 41.2 Å². The van der Waals surface area contributed by atoms with E-state index >= 15 is 0 Å². The van der Waals surface area contributed by atoms with Crippen molar-refractivity contribution in [3.05, 3.63) is 63.6 Å². The standard InChI is InChI=1S/C19H15Cl2NO5/c20-14-4-2-1-3-13(14)9-22-17(23)10-25-18(24)6-5-12-7-15(21)19-16(8-12)26-11-27-19/h1-8H,9-11H2,(H,22,23)/b6-5+. The van der Waals surface area contributed by atoms with Gasteiger partial charge >= 0.3 is 5.97 Å². The van der Waals surface area contributed by atoms with E-state index in [1.165, 1.54) is 12.2 Å². The number of esters is 1. The molecule has 0 spiro atoms. The summed E-state index contributed by atoms with van der Waals surface area (Å²) in [7, 11) is 0. The first-order valence-electron chi connectivity index (χ1n) is 7.97. The normalized spacial score (nSPS) is 12.2. The first kappa shape index (κ1) is 19.1. The van der Waals surface area contributed by atoms with Gasteiger partial charge in [-0.25, -0.2) is 4.79 Å².